The second-order valence-electron chi connectivity index (χ2n) is 9.05. The lowest BCUT2D eigenvalue weighted by Gasteiger charge is -2.35. The number of fused-ring (bicyclic) bond motifs is 1. The van der Waals surface area contributed by atoms with Crippen molar-refractivity contribution in [3.63, 3.8) is 0 Å². The molecule has 0 bridgehead atoms. The number of amides is 2. The molecule has 0 radical (unpaired) electrons. The van der Waals surface area contributed by atoms with E-state index in [1.165, 1.54) is 0 Å². The molecular formula is C25H30N6O2. The third-order valence-electron chi connectivity index (χ3n) is 6.75. The Hall–Kier alpha value is -3.39. The highest BCUT2D eigenvalue weighted by Gasteiger charge is 2.21. The number of nitrogens with zero attached hydrogens (tertiary/aromatic N) is 3. The Bertz CT molecular complexity index is 1210. The fourth-order valence-corrected chi connectivity index (χ4v) is 4.86. The monoisotopic (exact) mass is 446 g/mol. The predicted octanol–water partition coefficient (Wildman–Crippen LogP) is 3.41. The fourth-order valence-electron chi connectivity index (χ4n) is 4.86. The van der Waals surface area contributed by atoms with E-state index in [1.807, 2.05) is 36.4 Å². The van der Waals surface area contributed by atoms with Gasteiger partial charge in [-0.1, -0.05) is 37.1 Å². The molecule has 1 aliphatic heterocycles. The Morgan fingerprint density at radius 1 is 1.03 bits per heavy atom. The first-order chi connectivity index (χ1) is 16.1. The van der Waals surface area contributed by atoms with Gasteiger partial charge in [-0.05, 0) is 38.1 Å². The van der Waals surface area contributed by atoms with Crippen molar-refractivity contribution >= 4 is 28.2 Å². The van der Waals surface area contributed by atoms with Gasteiger partial charge in [-0.25, -0.2) is 9.89 Å². The summed E-state index contributed by atoms with van der Waals surface area (Å²) in [5.41, 5.74) is 3.08. The van der Waals surface area contributed by atoms with Crippen molar-refractivity contribution in [2.75, 3.05) is 43.4 Å². The maximum absolute atomic E-state index is 12.8. The zero-order valence-electron chi connectivity index (χ0n) is 18.9. The van der Waals surface area contributed by atoms with Crippen LogP contribution >= 0.6 is 0 Å². The lowest BCUT2D eigenvalue weighted by Crippen LogP contribution is -2.45. The van der Waals surface area contributed by atoms with E-state index in [0.717, 1.165) is 74.2 Å². The molecule has 1 aliphatic carbocycles. The second kappa shape index (κ2) is 9.23. The van der Waals surface area contributed by atoms with Crippen molar-refractivity contribution in [1.29, 1.82) is 0 Å². The number of likely N-dealkylation sites (N-methyl/N-ethyl adjacent to an activating group) is 1. The van der Waals surface area contributed by atoms with E-state index < -0.39 is 0 Å². The number of carbonyl (C=O) groups excluding carboxylic acids is 1. The summed E-state index contributed by atoms with van der Waals surface area (Å²) in [6.45, 7) is 3.74. The summed E-state index contributed by atoms with van der Waals surface area (Å²) in [4.78, 5) is 29.7. The molecule has 3 N–H and O–H groups in total. The summed E-state index contributed by atoms with van der Waals surface area (Å²) in [6.07, 6.45) is 4.40. The van der Waals surface area contributed by atoms with E-state index in [-0.39, 0.29) is 17.6 Å². The molecule has 2 fully saturated rings. The number of hydrogen-bond donors (Lipinski definition) is 3. The topological polar surface area (TPSA) is 93.4 Å². The Morgan fingerprint density at radius 2 is 1.76 bits per heavy atom. The van der Waals surface area contributed by atoms with E-state index >= 15 is 0 Å². The van der Waals surface area contributed by atoms with Gasteiger partial charge in [-0.15, -0.1) is 0 Å². The smallest absolute Gasteiger partial charge is 0.319 e. The lowest BCUT2D eigenvalue weighted by atomic mass is 10.0. The van der Waals surface area contributed by atoms with Crippen LogP contribution in [0.5, 0.6) is 0 Å². The minimum Gasteiger partial charge on any atom is -0.367 e. The number of aromatic amines is 1. The van der Waals surface area contributed by atoms with E-state index in [0.29, 0.717) is 11.1 Å². The van der Waals surface area contributed by atoms with Crippen LogP contribution in [0.25, 0.3) is 22.0 Å². The Labute approximate surface area is 193 Å². The largest absolute Gasteiger partial charge is 0.367 e. The van der Waals surface area contributed by atoms with Gasteiger partial charge in [0.25, 0.3) is 5.56 Å². The van der Waals surface area contributed by atoms with Crippen LogP contribution < -0.4 is 21.1 Å². The van der Waals surface area contributed by atoms with Crippen molar-refractivity contribution in [2.45, 2.75) is 31.7 Å². The number of aromatic nitrogens is 2. The maximum atomic E-state index is 12.8. The SMILES string of the molecule is CN1CCN(c2ccc(-c3n[nH]c(=O)c4ccccc34)cc2NC(=O)NC2CCCC2)CC1. The minimum absolute atomic E-state index is 0.172. The second-order valence-corrected chi connectivity index (χ2v) is 9.05. The predicted molar refractivity (Wildman–Crippen MR) is 132 cm³/mol. The van der Waals surface area contributed by atoms with Crippen LogP contribution in [0.3, 0.4) is 0 Å². The van der Waals surface area contributed by atoms with Gasteiger partial charge in [0.05, 0.1) is 22.5 Å². The number of hydrogen-bond acceptors (Lipinski definition) is 5. The van der Waals surface area contributed by atoms with Gasteiger partial charge in [-0.2, -0.15) is 5.10 Å². The minimum atomic E-state index is -0.210. The first kappa shape index (κ1) is 21.5. The van der Waals surface area contributed by atoms with Crippen LogP contribution in [0.2, 0.25) is 0 Å². The summed E-state index contributed by atoms with van der Waals surface area (Å²) >= 11 is 0. The Balaban J connectivity index is 1.51. The molecular weight excluding hydrogens is 416 g/mol. The molecule has 2 aromatic carbocycles. The van der Waals surface area contributed by atoms with Crippen LogP contribution in [0.4, 0.5) is 16.2 Å². The number of piperazine rings is 1. The first-order valence-corrected chi connectivity index (χ1v) is 11.7. The molecule has 0 unspecified atom stereocenters. The van der Waals surface area contributed by atoms with E-state index in [1.54, 1.807) is 6.07 Å². The molecule has 2 heterocycles. The van der Waals surface area contributed by atoms with Crippen LogP contribution in [-0.4, -0.2) is 60.4 Å². The van der Waals surface area contributed by atoms with Crippen molar-refractivity contribution in [3.05, 3.63) is 52.8 Å². The van der Waals surface area contributed by atoms with Gasteiger partial charge in [0.1, 0.15) is 0 Å². The summed E-state index contributed by atoms with van der Waals surface area (Å²) in [5.74, 6) is 0. The molecule has 33 heavy (non-hydrogen) atoms. The molecule has 1 aromatic heterocycles. The quantitative estimate of drug-likeness (QED) is 0.571. The van der Waals surface area contributed by atoms with Gasteiger partial charge in [0.15, 0.2) is 0 Å². The number of anilines is 2. The van der Waals surface area contributed by atoms with Gasteiger partial charge in [0.2, 0.25) is 0 Å². The highest BCUT2D eigenvalue weighted by molar-refractivity contribution is 5.98. The number of nitrogens with one attached hydrogen (secondary N) is 3. The maximum Gasteiger partial charge on any atom is 0.319 e. The summed E-state index contributed by atoms with van der Waals surface area (Å²) in [7, 11) is 2.13. The molecule has 2 amide bonds. The normalized spacial score (nSPS) is 17.4. The average molecular weight is 447 g/mol. The van der Waals surface area contributed by atoms with Crippen molar-refractivity contribution in [3.8, 4) is 11.3 Å². The number of H-pyrrole nitrogens is 1. The summed E-state index contributed by atoms with van der Waals surface area (Å²) < 4.78 is 0. The van der Waals surface area contributed by atoms with Crippen LogP contribution in [0.1, 0.15) is 25.7 Å². The number of benzene rings is 2. The lowest BCUT2D eigenvalue weighted by molar-refractivity contribution is 0.248. The van der Waals surface area contributed by atoms with E-state index in [2.05, 4.69) is 37.7 Å². The Morgan fingerprint density at radius 3 is 2.52 bits per heavy atom. The molecule has 1 saturated carbocycles. The van der Waals surface area contributed by atoms with Crippen molar-refractivity contribution < 1.29 is 4.79 Å². The molecule has 0 atom stereocenters. The standard InChI is InChI=1S/C25H30N6O2/c1-30-12-14-31(15-13-30)22-11-10-17(16-21(22)27-25(33)26-18-6-2-3-7-18)23-19-8-4-5-9-20(19)24(32)29-28-23/h4-5,8-11,16,18H,2-3,6-7,12-15H2,1H3,(H,29,32)(H2,26,27,33). The Kier molecular flexibility index (Phi) is 6.00. The summed E-state index contributed by atoms with van der Waals surface area (Å²) in [5, 5.41) is 14.6. The molecule has 3 aromatic rings. The molecule has 8 nitrogen and oxygen atoms in total. The molecule has 172 valence electrons. The molecule has 8 heteroatoms. The van der Waals surface area contributed by atoms with Gasteiger partial charge in [0, 0.05) is 43.2 Å². The molecule has 1 saturated heterocycles. The summed E-state index contributed by atoms with van der Waals surface area (Å²) in [6, 6.07) is 13.5. The highest BCUT2D eigenvalue weighted by atomic mass is 16.2. The van der Waals surface area contributed by atoms with Gasteiger partial charge >= 0.3 is 6.03 Å². The molecule has 0 spiro atoms. The highest BCUT2D eigenvalue weighted by Crippen LogP contribution is 2.33. The van der Waals surface area contributed by atoms with Crippen LogP contribution in [0.15, 0.2) is 47.3 Å². The third kappa shape index (κ3) is 4.57. The first-order valence-electron chi connectivity index (χ1n) is 11.7. The van der Waals surface area contributed by atoms with E-state index in [4.69, 9.17) is 0 Å². The van der Waals surface area contributed by atoms with E-state index in [9.17, 15) is 9.59 Å². The molecule has 5 rings (SSSR count). The van der Waals surface area contributed by atoms with Crippen molar-refractivity contribution in [1.82, 2.24) is 20.4 Å². The zero-order chi connectivity index (χ0) is 22.8. The third-order valence-corrected chi connectivity index (χ3v) is 6.75. The van der Waals surface area contributed by atoms with Gasteiger partial charge in [-0.3, -0.25) is 4.79 Å². The molecule has 2 aliphatic rings. The van der Waals surface area contributed by atoms with Crippen LogP contribution in [-0.2, 0) is 0 Å². The fraction of sp³-hybridized carbons (Fsp3) is 0.400. The number of urea groups is 1. The van der Waals surface area contributed by atoms with Gasteiger partial charge < -0.3 is 20.4 Å². The zero-order valence-corrected chi connectivity index (χ0v) is 18.9. The van der Waals surface area contributed by atoms with Crippen LogP contribution in [0, 0.1) is 0 Å². The number of rotatable bonds is 4. The number of carbonyl (C=O) groups is 1. The average Bonchev–Trinajstić information content (AvgIpc) is 3.33. The van der Waals surface area contributed by atoms with Crippen molar-refractivity contribution in [2.24, 2.45) is 0 Å².